The molecule has 1 fully saturated rings. The normalized spacial score (nSPS) is 17.1. The standard InChI is InChI=1S/C22H27N5O2/c1-26-9-11-27(12-10-26)8-7-23-22(29)20-19-18(15-25-20)21(28)17(14-24-19)13-16-5-3-2-4-6-16/h2-6,14H,7-13,15H2,1H3,(H,23,29)(H,24,28). The van der Waals surface area contributed by atoms with Crippen molar-refractivity contribution in [3.05, 3.63) is 69.1 Å². The number of carbonyl (C=O) groups excluding carboxylic acids is 1. The Balaban J connectivity index is 1.37. The van der Waals surface area contributed by atoms with Crippen LogP contribution in [0.3, 0.4) is 0 Å². The third kappa shape index (κ3) is 4.46. The highest BCUT2D eigenvalue weighted by Crippen LogP contribution is 2.15. The van der Waals surface area contributed by atoms with E-state index in [2.05, 4.69) is 32.1 Å². The molecule has 0 saturated carbocycles. The van der Waals surface area contributed by atoms with E-state index in [4.69, 9.17) is 0 Å². The summed E-state index contributed by atoms with van der Waals surface area (Å²) in [5.74, 6) is -0.218. The number of nitrogens with zero attached hydrogens (tertiary/aromatic N) is 3. The Kier molecular flexibility index (Phi) is 5.87. The van der Waals surface area contributed by atoms with Crippen LogP contribution in [0.2, 0.25) is 0 Å². The Morgan fingerprint density at radius 2 is 1.93 bits per heavy atom. The van der Waals surface area contributed by atoms with E-state index in [1.807, 2.05) is 30.3 Å². The molecule has 152 valence electrons. The highest BCUT2D eigenvalue weighted by Gasteiger charge is 2.26. The van der Waals surface area contributed by atoms with Crippen LogP contribution in [0.5, 0.6) is 0 Å². The number of hydrogen-bond donors (Lipinski definition) is 2. The van der Waals surface area contributed by atoms with Gasteiger partial charge in [0.1, 0.15) is 5.71 Å². The minimum Gasteiger partial charge on any atom is -0.359 e. The van der Waals surface area contributed by atoms with Crippen molar-refractivity contribution in [3.63, 3.8) is 0 Å². The minimum absolute atomic E-state index is 0.0217. The molecule has 29 heavy (non-hydrogen) atoms. The third-order valence-electron chi connectivity index (χ3n) is 5.65. The van der Waals surface area contributed by atoms with E-state index in [0.29, 0.717) is 35.5 Å². The number of pyridine rings is 1. The van der Waals surface area contributed by atoms with Crippen molar-refractivity contribution in [2.75, 3.05) is 46.3 Å². The van der Waals surface area contributed by atoms with Crippen LogP contribution in [-0.2, 0) is 17.8 Å². The molecule has 0 spiro atoms. The monoisotopic (exact) mass is 393 g/mol. The first-order chi connectivity index (χ1) is 14.1. The summed E-state index contributed by atoms with van der Waals surface area (Å²) >= 11 is 0. The molecule has 1 aromatic carbocycles. The van der Waals surface area contributed by atoms with Gasteiger partial charge in [-0.05, 0) is 12.6 Å². The van der Waals surface area contributed by atoms with E-state index in [1.54, 1.807) is 6.20 Å². The lowest BCUT2D eigenvalue weighted by molar-refractivity contribution is -0.114. The average Bonchev–Trinajstić information content (AvgIpc) is 3.17. The van der Waals surface area contributed by atoms with Crippen molar-refractivity contribution in [2.24, 2.45) is 4.99 Å². The van der Waals surface area contributed by atoms with Gasteiger partial charge < -0.3 is 15.2 Å². The lowest BCUT2D eigenvalue weighted by Crippen LogP contribution is -2.47. The van der Waals surface area contributed by atoms with Gasteiger partial charge in [-0.3, -0.25) is 19.5 Å². The van der Waals surface area contributed by atoms with Crippen molar-refractivity contribution in [3.8, 4) is 0 Å². The second kappa shape index (κ2) is 8.71. The molecule has 2 aromatic rings. The predicted octanol–water partition coefficient (Wildman–Crippen LogP) is 0.632. The summed E-state index contributed by atoms with van der Waals surface area (Å²) in [6.45, 7) is 5.82. The summed E-state index contributed by atoms with van der Waals surface area (Å²) in [6.07, 6.45) is 2.28. The van der Waals surface area contributed by atoms with Gasteiger partial charge in [-0.1, -0.05) is 30.3 Å². The summed E-state index contributed by atoms with van der Waals surface area (Å²) in [5, 5.41) is 2.95. The zero-order chi connectivity index (χ0) is 20.2. The fourth-order valence-electron chi connectivity index (χ4n) is 3.83. The number of rotatable bonds is 6. The number of aromatic amines is 1. The summed E-state index contributed by atoms with van der Waals surface area (Å²) in [6, 6.07) is 9.89. The van der Waals surface area contributed by atoms with Gasteiger partial charge >= 0.3 is 0 Å². The summed E-state index contributed by atoms with van der Waals surface area (Å²) in [5.41, 5.74) is 3.24. The molecule has 7 nitrogen and oxygen atoms in total. The number of hydrogen-bond acceptors (Lipinski definition) is 5. The molecule has 0 bridgehead atoms. The van der Waals surface area contributed by atoms with Crippen LogP contribution in [0.1, 0.15) is 22.4 Å². The van der Waals surface area contributed by atoms with Gasteiger partial charge in [0.25, 0.3) is 5.91 Å². The van der Waals surface area contributed by atoms with Gasteiger partial charge in [-0.2, -0.15) is 0 Å². The predicted molar refractivity (Wildman–Crippen MR) is 113 cm³/mol. The first-order valence-corrected chi connectivity index (χ1v) is 10.1. The van der Waals surface area contributed by atoms with Crippen LogP contribution >= 0.6 is 0 Å². The molecule has 1 aromatic heterocycles. The highest BCUT2D eigenvalue weighted by atomic mass is 16.2. The molecule has 0 radical (unpaired) electrons. The lowest BCUT2D eigenvalue weighted by atomic mass is 10.0. The number of fused-ring (bicyclic) bond motifs is 1. The smallest absolute Gasteiger partial charge is 0.271 e. The maximum Gasteiger partial charge on any atom is 0.271 e. The summed E-state index contributed by atoms with van der Waals surface area (Å²) in [7, 11) is 2.13. The van der Waals surface area contributed by atoms with E-state index >= 15 is 0 Å². The number of aromatic nitrogens is 1. The van der Waals surface area contributed by atoms with Crippen molar-refractivity contribution in [1.29, 1.82) is 0 Å². The summed E-state index contributed by atoms with van der Waals surface area (Å²) in [4.78, 5) is 37.6. The molecule has 7 heteroatoms. The largest absolute Gasteiger partial charge is 0.359 e. The van der Waals surface area contributed by atoms with Crippen LogP contribution < -0.4 is 10.7 Å². The maximum atomic E-state index is 12.8. The lowest BCUT2D eigenvalue weighted by Gasteiger charge is -2.32. The fraction of sp³-hybridized carbons (Fsp3) is 0.409. The third-order valence-corrected chi connectivity index (χ3v) is 5.65. The zero-order valence-corrected chi connectivity index (χ0v) is 16.8. The summed E-state index contributed by atoms with van der Waals surface area (Å²) < 4.78 is 0. The number of nitrogens with one attached hydrogen (secondary N) is 2. The van der Waals surface area contributed by atoms with E-state index in [0.717, 1.165) is 38.3 Å². The second-order valence-corrected chi connectivity index (χ2v) is 7.72. The molecule has 0 unspecified atom stereocenters. The Bertz CT molecular complexity index is 959. The van der Waals surface area contributed by atoms with Crippen molar-refractivity contribution >= 4 is 11.6 Å². The molecule has 0 atom stereocenters. The Labute approximate surface area is 170 Å². The highest BCUT2D eigenvalue weighted by molar-refractivity contribution is 6.45. The molecule has 3 heterocycles. The van der Waals surface area contributed by atoms with Crippen molar-refractivity contribution in [2.45, 2.75) is 13.0 Å². The van der Waals surface area contributed by atoms with Gasteiger partial charge in [-0.15, -0.1) is 0 Å². The van der Waals surface area contributed by atoms with Crippen LogP contribution in [0, 0.1) is 0 Å². The zero-order valence-electron chi connectivity index (χ0n) is 16.8. The molecule has 1 amide bonds. The first-order valence-electron chi connectivity index (χ1n) is 10.1. The number of amides is 1. The number of benzene rings is 1. The molecule has 2 aliphatic rings. The molecule has 2 N–H and O–H groups in total. The second-order valence-electron chi connectivity index (χ2n) is 7.72. The van der Waals surface area contributed by atoms with Gasteiger partial charge in [-0.25, -0.2) is 0 Å². The molecular weight excluding hydrogens is 366 g/mol. The number of piperazine rings is 1. The van der Waals surface area contributed by atoms with E-state index in [9.17, 15) is 9.59 Å². The number of likely N-dealkylation sites (N-methyl/N-ethyl adjacent to an activating group) is 1. The topological polar surface area (TPSA) is 80.8 Å². The number of aliphatic imine (C=N–C) groups is 1. The molecular formula is C22H27N5O2. The molecule has 4 rings (SSSR count). The quantitative estimate of drug-likeness (QED) is 0.755. The van der Waals surface area contributed by atoms with Gasteiger partial charge in [0.05, 0.1) is 12.2 Å². The number of H-pyrrole nitrogens is 1. The van der Waals surface area contributed by atoms with Gasteiger partial charge in [0.15, 0.2) is 5.43 Å². The number of carbonyl (C=O) groups is 1. The Morgan fingerprint density at radius 3 is 2.69 bits per heavy atom. The minimum atomic E-state index is -0.218. The Morgan fingerprint density at radius 1 is 1.17 bits per heavy atom. The van der Waals surface area contributed by atoms with Crippen LogP contribution in [0.15, 0.2) is 46.3 Å². The van der Waals surface area contributed by atoms with Crippen LogP contribution in [0.4, 0.5) is 0 Å². The van der Waals surface area contributed by atoms with Gasteiger partial charge in [0, 0.05) is 63.0 Å². The van der Waals surface area contributed by atoms with E-state index in [1.165, 1.54) is 0 Å². The van der Waals surface area contributed by atoms with Crippen LogP contribution in [0.25, 0.3) is 0 Å². The van der Waals surface area contributed by atoms with Gasteiger partial charge in [0.2, 0.25) is 0 Å². The average molecular weight is 393 g/mol. The SMILES string of the molecule is CN1CCN(CCNC(=O)C2=NCc3c2[nH]cc(Cc2ccccc2)c3=O)CC1. The van der Waals surface area contributed by atoms with Crippen molar-refractivity contribution in [1.82, 2.24) is 20.1 Å². The first kappa shape index (κ1) is 19.5. The maximum absolute atomic E-state index is 12.8. The van der Waals surface area contributed by atoms with Crippen LogP contribution in [-0.4, -0.2) is 72.7 Å². The Hall–Kier alpha value is -2.77. The van der Waals surface area contributed by atoms with E-state index < -0.39 is 0 Å². The molecule has 2 aliphatic heterocycles. The van der Waals surface area contributed by atoms with E-state index in [-0.39, 0.29) is 17.9 Å². The van der Waals surface area contributed by atoms with Crippen molar-refractivity contribution < 1.29 is 4.79 Å². The fourth-order valence-corrected chi connectivity index (χ4v) is 3.83. The molecule has 1 saturated heterocycles. The molecule has 0 aliphatic carbocycles.